The van der Waals surface area contributed by atoms with Crippen molar-refractivity contribution >= 4 is 40.7 Å². The molecule has 6 nitrogen and oxygen atoms in total. The van der Waals surface area contributed by atoms with E-state index in [2.05, 4.69) is 20.4 Å². The summed E-state index contributed by atoms with van der Waals surface area (Å²) in [6.45, 7) is 5.31. The van der Waals surface area contributed by atoms with Crippen LogP contribution in [0.1, 0.15) is 23.9 Å². The van der Waals surface area contributed by atoms with Crippen LogP contribution in [0.3, 0.4) is 0 Å². The molecule has 3 rings (SSSR count). The molecule has 0 fully saturated rings. The van der Waals surface area contributed by atoms with Crippen LogP contribution in [0, 0.1) is 13.8 Å². The summed E-state index contributed by atoms with van der Waals surface area (Å²) < 4.78 is 40.4. The average Bonchev–Trinajstić information content (AvgIpc) is 2.98. The van der Waals surface area contributed by atoms with Crippen molar-refractivity contribution in [3.63, 3.8) is 0 Å². The van der Waals surface area contributed by atoms with Crippen molar-refractivity contribution in [3.05, 3.63) is 46.2 Å². The molecule has 0 bridgehead atoms. The lowest BCUT2D eigenvalue weighted by molar-refractivity contribution is -0.137. The molecule has 0 aliphatic rings. The van der Waals surface area contributed by atoms with Gasteiger partial charge in [0.05, 0.1) is 15.8 Å². The molecule has 0 saturated heterocycles. The van der Waals surface area contributed by atoms with Gasteiger partial charge in [-0.2, -0.15) is 18.2 Å². The third-order valence-electron chi connectivity index (χ3n) is 3.79. The summed E-state index contributed by atoms with van der Waals surface area (Å²) in [7, 11) is 0. The SMILES string of the molecule is Cc1cc(C)n2nc(SC(C)C(=O)Nc3ccc(Cl)c(C(F)(F)F)c3)nc2n1. The largest absolute Gasteiger partial charge is 0.417 e. The minimum atomic E-state index is -4.61. The molecule has 0 spiro atoms. The second-order valence-corrected chi connectivity index (χ2v) is 7.80. The van der Waals surface area contributed by atoms with Gasteiger partial charge in [0.2, 0.25) is 11.1 Å². The first kappa shape index (κ1) is 20.4. The maximum Gasteiger partial charge on any atom is 0.417 e. The lowest BCUT2D eigenvalue weighted by Crippen LogP contribution is -2.22. The number of halogens is 4. The Morgan fingerprint density at radius 1 is 1.25 bits per heavy atom. The highest BCUT2D eigenvalue weighted by molar-refractivity contribution is 8.00. The first-order chi connectivity index (χ1) is 13.0. The van der Waals surface area contributed by atoms with Crippen molar-refractivity contribution in [2.24, 2.45) is 0 Å². The zero-order valence-corrected chi connectivity index (χ0v) is 16.6. The monoisotopic (exact) mass is 429 g/mol. The zero-order chi connectivity index (χ0) is 20.6. The molecule has 1 unspecified atom stereocenters. The molecule has 1 aromatic carbocycles. The van der Waals surface area contributed by atoms with E-state index in [9.17, 15) is 18.0 Å². The van der Waals surface area contributed by atoms with E-state index >= 15 is 0 Å². The van der Waals surface area contributed by atoms with Crippen molar-refractivity contribution in [1.82, 2.24) is 19.6 Å². The van der Waals surface area contributed by atoms with Gasteiger partial charge in [-0.3, -0.25) is 4.79 Å². The predicted octanol–water partition coefficient (Wildman–Crippen LogP) is 4.53. The molecule has 11 heteroatoms. The fraction of sp³-hybridized carbons (Fsp3) is 0.294. The van der Waals surface area contributed by atoms with E-state index in [1.807, 2.05) is 19.9 Å². The lowest BCUT2D eigenvalue weighted by atomic mass is 10.2. The van der Waals surface area contributed by atoms with Crippen LogP contribution in [0.15, 0.2) is 29.4 Å². The van der Waals surface area contributed by atoms with Crippen LogP contribution in [0.5, 0.6) is 0 Å². The van der Waals surface area contributed by atoms with Crippen molar-refractivity contribution < 1.29 is 18.0 Å². The third kappa shape index (κ3) is 4.39. The maximum absolute atomic E-state index is 12.9. The molecule has 1 N–H and O–H groups in total. The number of carbonyl (C=O) groups excluding carboxylic acids is 1. The van der Waals surface area contributed by atoms with E-state index in [-0.39, 0.29) is 5.69 Å². The molecule has 2 heterocycles. The number of hydrogen-bond donors (Lipinski definition) is 1. The Morgan fingerprint density at radius 3 is 2.64 bits per heavy atom. The van der Waals surface area contributed by atoms with Crippen molar-refractivity contribution in [3.8, 4) is 0 Å². The molecule has 0 aliphatic carbocycles. The van der Waals surface area contributed by atoms with E-state index in [4.69, 9.17) is 11.6 Å². The van der Waals surface area contributed by atoms with Gasteiger partial charge in [-0.1, -0.05) is 23.4 Å². The van der Waals surface area contributed by atoms with Gasteiger partial charge in [0.1, 0.15) is 0 Å². The molecule has 0 aliphatic heterocycles. The molecular formula is C17H15ClF3N5OS. The highest BCUT2D eigenvalue weighted by Gasteiger charge is 2.33. The molecule has 0 saturated carbocycles. The van der Waals surface area contributed by atoms with Gasteiger partial charge in [0.15, 0.2) is 0 Å². The van der Waals surface area contributed by atoms with E-state index in [0.29, 0.717) is 10.9 Å². The number of rotatable bonds is 4. The van der Waals surface area contributed by atoms with Crippen LogP contribution in [-0.2, 0) is 11.0 Å². The number of carbonyl (C=O) groups is 1. The van der Waals surface area contributed by atoms with E-state index < -0.39 is 27.9 Å². The van der Waals surface area contributed by atoms with Gasteiger partial charge in [-0.25, -0.2) is 9.50 Å². The van der Waals surface area contributed by atoms with Crippen LogP contribution in [0.4, 0.5) is 18.9 Å². The number of nitrogens with zero attached hydrogens (tertiary/aromatic N) is 4. The molecule has 1 atom stereocenters. The maximum atomic E-state index is 12.9. The Labute approximate surface area is 167 Å². The zero-order valence-electron chi connectivity index (χ0n) is 15.0. The van der Waals surface area contributed by atoms with Crippen LogP contribution in [0.2, 0.25) is 5.02 Å². The van der Waals surface area contributed by atoms with Crippen LogP contribution >= 0.6 is 23.4 Å². The number of nitrogens with one attached hydrogen (secondary N) is 1. The van der Waals surface area contributed by atoms with Crippen molar-refractivity contribution in [2.75, 3.05) is 5.32 Å². The van der Waals surface area contributed by atoms with Gasteiger partial charge >= 0.3 is 6.18 Å². The highest BCUT2D eigenvalue weighted by atomic mass is 35.5. The Hall–Kier alpha value is -2.33. The highest BCUT2D eigenvalue weighted by Crippen LogP contribution is 2.36. The Morgan fingerprint density at radius 2 is 1.96 bits per heavy atom. The molecule has 3 aromatic rings. The Balaban J connectivity index is 1.74. The third-order valence-corrected chi connectivity index (χ3v) is 5.07. The summed E-state index contributed by atoms with van der Waals surface area (Å²) in [4.78, 5) is 20.9. The first-order valence-corrected chi connectivity index (χ1v) is 9.35. The van der Waals surface area contributed by atoms with Gasteiger partial charge in [0.25, 0.3) is 5.78 Å². The Kier molecular flexibility index (Phi) is 5.53. The number of fused-ring (bicyclic) bond motifs is 1. The van der Waals surface area contributed by atoms with Crippen LogP contribution < -0.4 is 5.32 Å². The first-order valence-electron chi connectivity index (χ1n) is 8.10. The second-order valence-electron chi connectivity index (χ2n) is 6.09. The summed E-state index contributed by atoms with van der Waals surface area (Å²) in [6.07, 6.45) is -4.61. The number of hydrogen-bond acceptors (Lipinski definition) is 5. The quantitative estimate of drug-likeness (QED) is 0.617. The normalized spacial score (nSPS) is 13.0. The minimum Gasteiger partial charge on any atom is -0.325 e. The molecule has 1 amide bonds. The van der Waals surface area contributed by atoms with Crippen molar-refractivity contribution in [2.45, 2.75) is 37.4 Å². The number of alkyl halides is 3. The van der Waals surface area contributed by atoms with Gasteiger partial charge < -0.3 is 5.32 Å². The number of anilines is 1. The lowest BCUT2D eigenvalue weighted by Gasteiger charge is -2.13. The van der Waals surface area contributed by atoms with E-state index in [0.717, 1.165) is 35.3 Å². The number of aryl methyl sites for hydroxylation is 2. The van der Waals surface area contributed by atoms with Gasteiger partial charge in [-0.05, 0) is 45.0 Å². The smallest absolute Gasteiger partial charge is 0.325 e. The molecule has 2 aromatic heterocycles. The number of aromatic nitrogens is 4. The summed E-state index contributed by atoms with van der Waals surface area (Å²) in [5.74, 6) is -0.0692. The van der Waals surface area contributed by atoms with Crippen LogP contribution in [0.25, 0.3) is 5.78 Å². The van der Waals surface area contributed by atoms with Crippen LogP contribution in [-0.4, -0.2) is 30.7 Å². The summed E-state index contributed by atoms with van der Waals surface area (Å²) in [5.41, 5.74) is 0.638. The molecule has 28 heavy (non-hydrogen) atoms. The molecular weight excluding hydrogens is 415 g/mol. The van der Waals surface area contributed by atoms with E-state index in [1.54, 1.807) is 11.4 Å². The topological polar surface area (TPSA) is 72.2 Å². The fourth-order valence-electron chi connectivity index (χ4n) is 2.47. The molecule has 148 valence electrons. The second kappa shape index (κ2) is 7.59. The van der Waals surface area contributed by atoms with E-state index in [1.165, 1.54) is 6.07 Å². The minimum absolute atomic E-state index is 0.00488. The molecule has 0 radical (unpaired) electrons. The van der Waals surface area contributed by atoms with Crippen molar-refractivity contribution in [1.29, 1.82) is 0 Å². The number of amides is 1. The van der Waals surface area contributed by atoms with Gasteiger partial charge in [0, 0.05) is 17.1 Å². The van der Waals surface area contributed by atoms with Gasteiger partial charge in [-0.15, -0.1) is 5.10 Å². The summed E-state index contributed by atoms with van der Waals surface area (Å²) >= 11 is 6.67. The number of thioether (sulfide) groups is 1. The summed E-state index contributed by atoms with van der Waals surface area (Å²) in [6, 6.07) is 5.06. The summed E-state index contributed by atoms with van der Waals surface area (Å²) in [5, 5.41) is 6.02. The Bertz CT molecular complexity index is 1050. The number of benzene rings is 1. The fourth-order valence-corrected chi connectivity index (χ4v) is 3.44. The standard InChI is InChI=1S/C17H15ClF3N5OS/c1-8-6-9(2)26-15(22-8)24-16(25-26)28-10(3)14(27)23-11-4-5-13(18)12(7-11)17(19,20)21/h4-7,10H,1-3H3,(H,23,27). The predicted molar refractivity (Wildman–Crippen MR) is 101 cm³/mol. The average molecular weight is 430 g/mol.